The molecule has 0 spiro atoms. The SMILES string of the molecule is [2H]C([2H])(C[C@@H](N)C(=O)O)Oc1ccc(/C(=[15N]\O)C(=O)N[C@H]2CN([C@H](C(=O)O)c3ccc(O)cc3)C2=O)cc1. The van der Waals surface area contributed by atoms with Gasteiger partial charge in [-0.2, -0.15) is 0 Å². The van der Waals surface area contributed by atoms with Crippen molar-refractivity contribution in [2.75, 3.05) is 13.1 Å². The van der Waals surface area contributed by atoms with Crippen LogP contribution in [-0.4, -0.2) is 80.1 Å². The number of carbonyl (C=O) groups is 4. The fourth-order valence-corrected chi connectivity index (χ4v) is 3.35. The molecule has 36 heavy (non-hydrogen) atoms. The highest BCUT2D eigenvalue weighted by molar-refractivity contribution is 6.45. The molecular weight excluding hydrogens is 477 g/mol. The Morgan fingerprint density at radius 2 is 1.78 bits per heavy atom. The predicted octanol–water partition coefficient (Wildman–Crippen LogP) is -0.0958. The van der Waals surface area contributed by atoms with Crippen LogP contribution in [0, 0.1) is 0 Å². The Morgan fingerprint density at radius 1 is 1.14 bits per heavy atom. The number of nitrogens with one attached hydrogen (secondary N) is 1. The van der Waals surface area contributed by atoms with Gasteiger partial charge in [-0.25, -0.2) is 4.79 Å². The van der Waals surface area contributed by atoms with Gasteiger partial charge in [0.15, 0.2) is 11.8 Å². The number of carboxylic acid groups (broad SMARTS) is 2. The number of ether oxygens (including phenoxy) is 1. The third-order valence-corrected chi connectivity index (χ3v) is 5.27. The number of nitrogens with zero attached hydrogens (tertiary/aromatic N) is 2. The highest BCUT2D eigenvalue weighted by atomic mass is 16.7. The Balaban J connectivity index is 1.63. The van der Waals surface area contributed by atoms with Crippen LogP contribution in [0.3, 0.4) is 0 Å². The monoisotopic (exact) mass is 503 g/mol. The van der Waals surface area contributed by atoms with E-state index in [0.717, 1.165) is 4.90 Å². The van der Waals surface area contributed by atoms with Crippen molar-refractivity contribution in [1.82, 2.24) is 10.2 Å². The van der Waals surface area contributed by atoms with Gasteiger partial charge in [-0.05, 0) is 42.0 Å². The molecule has 2 amide bonds. The van der Waals surface area contributed by atoms with Crippen molar-refractivity contribution < 1.29 is 47.2 Å². The molecule has 7 N–H and O–H groups in total. The third kappa shape index (κ3) is 5.88. The number of rotatable bonds is 11. The van der Waals surface area contributed by atoms with Crippen LogP contribution in [0.15, 0.2) is 53.7 Å². The van der Waals surface area contributed by atoms with Gasteiger partial charge in [-0.3, -0.25) is 14.4 Å². The summed E-state index contributed by atoms with van der Waals surface area (Å²) in [4.78, 5) is 48.9. The molecule has 0 aliphatic carbocycles. The minimum Gasteiger partial charge on any atom is -0.508 e. The van der Waals surface area contributed by atoms with Crippen LogP contribution in [0.25, 0.3) is 0 Å². The normalized spacial score (nSPS) is 18.2. The summed E-state index contributed by atoms with van der Waals surface area (Å²) >= 11 is 0. The number of hydrogen-bond donors (Lipinski definition) is 6. The summed E-state index contributed by atoms with van der Waals surface area (Å²) in [6.45, 7) is -2.55. The van der Waals surface area contributed by atoms with Gasteiger partial charge >= 0.3 is 11.9 Å². The zero-order valence-electron chi connectivity index (χ0n) is 20.6. The van der Waals surface area contributed by atoms with Crippen LogP contribution >= 0.6 is 0 Å². The minimum atomic E-state index is -2.41. The summed E-state index contributed by atoms with van der Waals surface area (Å²) in [5.74, 6) is -4.40. The lowest BCUT2D eigenvalue weighted by molar-refractivity contribution is -0.160. The number of oxime groups is 1. The number of amides is 2. The number of phenolic OH excluding ortho intramolecular Hbond substituents is 1. The predicted molar refractivity (Wildman–Crippen MR) is 123 cm³/mol. The van der Waals surface area contributed by atoms with Crippen molar-refractivity contribution in [1.29, 1.82) is 0 Å². The number of likely N-dealkylation sites (tertiary alicyclic amines) is 1. The Bertz CT molecular complexity index is 1250. The first-order valence-electron chi connectivity index (χ1n) is 11.5. The third-order valence-electron chi connectivity index (χ3n) is 5.27. The van der Waals surface area contributed by atoms with Crippen molar-refractivity contribution in [3.63, 3.8) is 0 Å². The average Bonchev–Trinajstić information content (AvgIpc) is 2.84. The molecule has 1 aliphatic rings. The van der Waals surface area contributed by atoms with Gasteiger partial charge in [0.1, 0.15) is 23.6 Å². The molecule has 2 aromatic carbocycles. The summed E-state index contributed by atoms with van der Waals surface area (Å²) in [5.41, 5.74) is 5.19. The summed E-state index contributed by atoms with van der Waals surface area (Å²) in [5, 5.41) is 42.6. The minimum absolute atomic E-state index is 0.0206. The van der Waals surface area contributed by atoms with E-state index in [4.69, 9.17) is 18.3 Å². The lowest BCUT2D eigenvalue weighted by Gasteiger charge is -2.42. The second-order valence-electron chi connectivity index (χ2n) is 7.72. The van der Waals surface area contributed by atoms with Crippen molar-refractivity contribution in [3.8, 4) is 11.5 Å². The molecule has 1 fully saturated rings. The van der Waals surface area contributed by atoms with E-state index in [0.29, 0.717) is 0 Å². The molecule has 13 nitrogen and oxygen atoms in total. The number of carboxylic acids is 2. The molecule has 2 aromatic rings. The molecule has 1 heterocycles. The van der Waals surface area contributed by atoms with Crippen molar-refractivity contribution in [2.45, 2.75) is 24.5 Å². The Labute approximate surface area is 207 Å². The summed E-state index contributed by atoms with van der Waals surface area (Å²) < 4.78 is 20.7. The molecule has 1 aliphatic heterocycles. The highest BCUT2D eigenvalue weighted by Crippen LogP contribution is 2.28. The Morgan fingerprint density at radius 3 is 2.31 bits per heavy atom. The van der Waals surface area contributed by atoms with E-state index in [1.54, 1.807) is 0 Å². The quantitative estimate of drug-likeness (QED) is 0.0788. The molecule has 0 saturated carbocycles. The van der Waals surface area contributed by atoms with E-state index in [9.17, 15) is 34.6 Å². The molecule has 1 saturated heterocycles. The number of benzene rings is 2. The lowest BCUT2D eigenvalue weighted by atomic mass is 9.98. The zero-order valence-corrected chi connectivity index (χ0v) is 18.6. The van der Waals surface area contributed by atoms with Crippen molar-refractivity contribution in [2.24, 2.45) is 10.9 Å². The number of carbonyl (C=O) groups excluding carboxylic acids is 2. The second kappa shape index (κ2) is 11.2. The van der Waals surface area contributed by atoms with E-state index in [1.807, 2.05) is 0 Å². The first-order valence-corrected chi connectivity index (χ1v) is 10.5. The van der Waals surface area contributed by atoms with Crippen LogP contribution < -0.4 is 15.8 Å². The lowest BCUT2D eigenvalue weighted by Crippen LogP contribution is -2.66. The standard InChI is InChI=1S/C23H24N4O9/c24-16(22(31)32)9-10-36-15-7-3-12(4-8-15)18(26-35)20(29)25-17-11-27(21(17)30)19(23(33)34)13-1-5-14(28)6-2-13/h1-8,16-17,19,28,35H,9-11,24H2,(H,25,29)(H,31,32)(H,33,34)/b26-18+/t16-,17+,19+/m1/s1/i10D2,26+1. The van der Waals surface area contributed by atoms with E-state index in [1.165, 1.54) is 48.5 Å². The summed E-state index contributed by atoms with van der Waals surface area (Å²) in [6, 6.07) is 6.46. The molecule has 3 rings (SSSR count). The van der Waals surface area contributed by atoms with Crippen LogP contribution in [0.5, 0.6) is 11.5 Å². The maximum atomic E-state index is 12.7. The topological polar surface area (TPSA) is 212 Å². The van der Waals surface area contributed by atoms with Crippen molar-refractivity contribution in [3.05, 3.63) is 59.7 Å². The largest absolute Gasteiger partial charge is 0.508 e. The molecular formula is C23H24N4O9. The number of nitrogens with two attached hydrogens (primary N) is 1. The van der Waals surface area contributed by atoms with Gasteiger partial charge in [0.05, 0.1) is 15.8 Å². The van der Waals surface area contributed by atoms with Crippen LogP contribution in [0.4, 0.5) is 0 Å². The molecule has 190 valence electrons. The second-order valence-corrected chi connectivity index (χ2v) is 7.72. The number of β-lactam (4-membered cyclic amide) rings is 1. The molecule has 13 heteroatoms. The maximum absolute atomic E-state index is 12.7. The number of hydrogen-bond acceptors (Lipinski definition) is 9. The van der Waals surface area contributed by atoms with Crippen molar-refractivity contribution >= 4 is 29.5 Å². The van der Waals surface area contributed by atoms with Gasteiger partial charge in [0.25, 0.3) is 5.91 Å². The number of aliphatic carboxylic acids is 2. The van der Waals surface area contributed by atoms with Gasteiger partial charge in [0, 0.05) is 12.0 Å². The zero-order chi connectivity index (χ0) is 28.2. The fraction of sp³-hybridized carbons (Fsp3) is 0.261. The number of phenols is 1. The summed E-state index contributed by atoms with van der Waals surface area (Å²) in [7, 11) is 0. The van der Waals surface area contributed by atoms with E-state index in [2.05, 4.69) is 10.5 Å². The fourth-order valence-electron chi connectivity index (χ4n) is 3.35. The van der Waals surface area contributed by atoms with Gasteiger partial charge < -0.3 is 41.2 Å². The molecule has 0 unspecified atom stereocenters. The molecule has 0 bridgehead atoms. The summed E-state index contributed by atoms with van der Waals surface area (Å²) in [6.07, 6.45) is -0.627. The first kappa shape index (κ1) is 23.1. The maximum Gasteiger partial charge on any atom is 0.331 e. The van der Waals surface area contributed by atoms with Gasteiger partial charge in [0.2, 0.25) is 5.91 Å². The van der Waals surface area contributed by atoms with E-state index in [-0.39, 0.29) is 29.2 Å². The van der Waals surface area contributed by atoms with Crippen LogP contribution in [0.2, 0.25) is 0 Å². The number of aromatic hydroxyl groups is 1. The molecule has 3 atom stereocenters. The van der Waals surface area contributed by atoms with Gasteiger partial charge in [-0.1, -0.05) is 17.3 Å². The molecule has 0 aromatic heterocycles. The van der Waals surface area contributed by atoms with Crippen LogP contribution in [-0.2, 0) is 19.2 Å². The first-order chi connectivity index (χ1) is 17.8. The van der Waals surface area contributed by atoms with Crippen LogP contribution in [0.1, 0.15) is 26.3 Å². The van der Waals surface area contributed by atoms with Gasteiger partial charge in [-0.15, -0.1) is 0 Å². The van der Waals surface area contributed by atoms with E-state index >= 15 is 0 Å². The van der Waals surface area contributed by atoms with E-state index < -0.39 is 60.6 Å². The smallest absolute Gasteiger partial charge is 0.331 e. The average molecular weight is 503 g/mol. The molecule has 0 radical (unpaired) electrons. The Hall–Kier alpha value is -4.65. The Kier molecular flexibility index (Phi) is 7.18. The highest BCUT2D eigenvalue weighted by Gasteiger charge is 2.45.